The Balaban J connectivity index is 2.08. The Bertz CT molecular complexity index is 990. The van der Waals surface area contributed by atoms with Crippen molar-refractivity contribution in [1.82, 2.24) is 10.7 Å². The van der Waals surface area contributed by atoms with Crippen LogP contribution < -0.4 is 15.6 Å². The molecule has 0 radical (unpaired) electrons. The summed E-state index contributed by atoms with van der Waals surface area (Å²) in [7, 11) is 3.42. The Morgan fingerprint density at radius 2 is 1.81 bits per heavy atom. The van der Waals surface area contributed by atoms with E-state index < -0.39 is 22.8 Å². The minimum absolute atomic E-state index is 0.0736. The van der Waals surface area contributed by atoms with Crippen molar-refractivity contribution in [3.63, 3.8) is 0 Å². The molecule has 0 aliphatic heterocycles. The summed E-state index contributed by atoms with van der Waals surface area (Å²) in [6, 6.07) is 10.1. The summed E-state index contributed by atoms with van der Waals surface area (Å²) < 4.78 is 0. The molecule has 9 nitrogen and oxygen atoms in total. The van der Waals surface area contributed by atoms with E-state index >= 15 is 0 Å². The topological polar surface area (TPSA) is 117 Å². The lowest BCUT2D eigenvalue weighted by Crippen LogP contribution is -2.48. The highest BCUT2D eigenvalue weighted by Crippen LogP contribution is 2.27. The second kappa shape index (κ2) is 10.5. The number of hydrogen-bond acceptors (Lipinski definition) is 6. The lowest BCUT2D eigenvalue weighted by Gasteiger charge is -2.20. The van der Waals surface area contributed by atoms with Crippen LogP contribution in [-0.4, -0.2) is 43.1 Å². The molecule has 0 spiro atoms. The smallest absolute Gasteiger partial charge is 0.293 e. The van der Waals surface area contributed by atoms with E-state index in [-0.39, 0.29) is 11.6 Å². The van der Waals surface area contributed by atoms with Crippen LogP contribution in [0.5, 0.6) is 0 Å². The second-order valence-corrected chi connectivity index (χ2v) is 7.77. The van der Waals surface area contributed by atoms with Crippen molar-refractivity contribution in [3.05, 3.63) is 68.7 Å². The van der Waals surface area contributed by atoms with Crippen LogP contribution >= 0.6 is 11.6 Å². The standard InChI is InChI=1S/C21H24ClN5O4/c1-13(2)19(24-20(28)15-6-8-16(22)9-7-15)21(29)25-23-12-14-5-10-17(26(3)4)18(11-14)27(30)31/h5-13,19H,1-4H3,(H,24,28)(H,25,29). The van der Waals surface area contributed by atoms with Crippen LogP contribution in [0.25, 0.3) is 0 Å². The van der Waals surface area contributed by atoms with E-state index in [2.05, 4.69) is 15.8 Å². The maximum Gasteiger partial charge on any atom is 0.293 e. The fourth-order valence-corrected chi connectivity index (χ4v) is 2.87. The average Bonchev–Trinajstić information content (AvgIpc) is 2.71. The maximum absolute atomic E-state index is 12.5. The number of carbonyl (C=O) groups is 2. The molecule has 0 bridgehead atoms. The molecule has 31 heavy (non-hydrogen) atoms. The van der Waals surface area contributed by atoms with Crippen LogP contribution in [0, 0.1) is 16.0 Å². The van der Waals surface area contributed by atoms with Crippen molar-refractivity contribution >= 4 is 41.0 Å². The van der Waals surface area contributed by atoms with Crippen LogP contribution in [0.4, 0.5) is 11.4 Å². The molecule has 0 fully saturated rings. The van der Waals surface area contributed by atoms with E-state index in [0.29, 0.717) is 21.8 Å². The van der Waals surface area contributed by atoms with Crippen LogP contribution in [-0.2, 0) is 4.79 Å². The van der Waals surface area contributed by atoms with Crippen LogP contribution in [0.1, 0.15) is 29.8 Å². The molecule has 2 N–H and O–H groups in total. The number of rotatable bonds is 8. The molecular formula is C21H24ClN5O4. The number of nitro groups is 1. The zero-order chi connectivity index (χ0) is 23.1. The van der Waals surface area contributed by atoms with E-state index in [1.807, 2.05) is 0 Å². The molecule has 0 saturated heterocycles. The molecule has 0 aromatic heterocycles. The van der Waals surface area contributed by atoms with Gasteiger partial charge in [0.05, 0.1) is 11.1 Å². The van der Waals surface area contributed by atoms with Crippen molar-refractivity contribution in [3.8, 4) is 0 Å². The van der Waals surface area contributed by atoms with Crippen molar-refractivity contribution in [1.29, 1.82) is 0 Å². The van der Waals surface area contributed by atoms with Gasteiger partial charge in [-0.3, -0.25) is 19.7 Å². The molecular weight excluding hydrogens is 422 g/mol. The fraction of sp³-hybridized carbons (Fsp3) is 0.286. The Morgan fingerprint density at radius 3 is 2.35 bits per heavy atom. The van der Waals surface area contributed by atoms with Gasteiger partial charge in [0.1, 0.15) is 11.7 Å². The van der Waals surface area contributed by atoms with Gasteiger partial charge in [-0.15, -0.1) is 0 Å². The van der Waals surface area contributed by atoms with Crippen LogP contribution in [0.3, 0.4) is 0 Å². The summed E-state index contributed by atoms with van der Waals surface area (Å²) in [4.78, 5) is 37.4. The highest BCUT2D eigenvalue weighted by atomic mass is 35.5. The molecule has 2 aromatic rings. The van der Waals surface area contributed by atoms with Gasteiger partial charge in [0, 0.05) is 36.3 Å². The lowest BCUT2D eigenvalue weighted by molar-refractivity contribution is -0.384. The lowest BCUT2D eigenvalue weighted by atomic mass is 10.0. The number of hydrogen-bond donors (Lipinski definition) is 2. The Labute approximate surface area is 185 Å². The quantitative estimate of drug-likeness (QED) is 0.367. The van der Waals surface area contributed by atoms with Gasteiger partial charge in [-0.05, 0) is 36.2 Å². The normalized spacial score (nSPS) is 11.9. The molecule has 1 unspecified atom stereocenters. The minimum atomic E-state index is -0.828. The first-order valence-electron chi connectivity index (χ1n) is 9.45. The summed E-state index contributed by atoms with van der Waals surface area (Å²) in [5.41, 5.74) is 3.58. The summed E-state index contributed by atoms with van der Waals surface area (Å²) in [6.45, 7) is 3.58. The molecule has 0 aliphatic carbocycles. The number of benzene rings is 2. The van der Waals surface area contributed by atoms with Gasteiger partial charge in [-0.1, -0.05) is 31.5 Å². The molecule has 164 valence electrons. The van der Waals surface area contributed by atoms with E-state index in [1.165, 1.54) is 12.3 Å². The SMILES string of the molecule is CC(C)C(NC(=O)c1ccc(Cl)cc1)C(=O)NN=Cc1ccc(N(C)C)c([N+](=O)[O-])c1. The fourth-order valence-electron chi connectivity index (χ4n) is 2.75. The predicted octanol–water partition coefficient (Wildman–Crippen LogP) is 3.22. The number of anilines is 1. The molecule has 1 atom stereocenters. The number of nitrogens with zero attached hydrogens (tertiary/aromatic N) is 3. The van der Waals surface area contributed by atoms with Gasteiger partial charge in [-0.2, -0.15) is 5.10 Å². The Hall–Kier alpha value is -3.46. The van der Waals surface area contributed by atoms with Crippen LogP contribution in [0.2, 0.25) is 5.02 Å². The van der Waals surface area contributed by atoms with Gasteiger partial charge in [-0.25, -0.2) is 5.43 Å². The molecule has 0 aliphatic rings. The van der Waals surface area contributed by atoms with E-state index in [9.17, 15) is 19.7 Å². The summed E-state index contributed by atoms with van der Waals surface area (Å²) in [5, 5.41) is 18.3. The maximum atomic E-state index is 12.5. The Morgan fingerprint density at radius 1 is 1.16 bits per heavy atom. The van der Waals surface area contributed by atoms with Gasteiger partial charge in [0.15, 0.2) is 0 Å². The third-order valence-electron chi connectivity index (χ3n) is 4.41. The molecule has 2 aromatic carbocycles. The van der Waals surface area contributed by atoms with Crippen LogP contribution in [0.15, 0.2) is 47.6 Å². The van der Waals surface area contributed by atoms with Crippen molar-refractivity contribution in [2.75, 3.05) is 19.0 Å². The second-order valence-electron chi connectivity index (χ2n) is 7.34. The van der Waals surface area contributed by atoms with Crippen molar-refractivity contribution < 1.29 is 14.5 Å². The number of amides is 2. The van der Waals surface area contributed by atoms with Gasteiger partial charge in [0.2, 0.25) is 0 Å². The number of nitro benzene ring substituents is 1. The first-order valence-corrected chi connectivity index (χ1v) is 9.83. The van der Waals surface area contributed by atoms with E-state index in [4.69, 9.17) is 11.6 Å². The zero-order valence-electron chi connectivity index (χ0n) is 17.6. The van der Waals surface area contributed by atoms with Gasteiger partial charge < -0.3 is 10.2 Å². The number of halogens is 1. The molecule has 0 saturated carbocycles. The van der Waals surface area contributed by atoms with E-state index in [1.54, 1.807) is 69.2 Å². The number of hydrazone groups is 1. The average molecular weight is 446 g/mol. The van der Waals surface area contributed by atoms with Gasteiger partial charge >= 0.3 is 0 Å². The largest absolute Gasteiger partial charge is 0.372 e. The Kier molecular flexibility index (Phi) is 8.09. The minimum Gasteiger partial charge on any atom is -0.372 e. The summed E-state index contributed by atoms with van der Waals surface area (Å²) >= 11 is 5.83. The molecule has 10 heteroatoms. The highest BCUT2D eigenvalue weighted by molar-refractivity contribution is 6.30. The zero-order valence-corrected chi connectivity index (χ0v) is 18.4. The first kappa shape index (κ1) is 23.8. The predicted molar refractivity (Wildman–Crippen MR) is 121 cm³/mol. The summed E-state index contributed by atoms with van der Waals surface area (Å²) in [6.07, 6.45) is 1.31. The molecule has 2 rings (SSSR count). The first-order chi connectivity index (χ1) is 14.6. The number of nitrogens with one attached hydrogen (secondary N) is 2. The van der Waals surface area contributed by atoms with Crippen molar-refractivity contribution in [2.45, 2.75) is 19.9 Å². The third kappa shape index (κ3) is 6.51. The van der Waals surface area contributed by atoms with Gasteiger partial charge in [0.25, 0.3) is 17.5 Å². The number of carbonyl (C=O) groups excluding carboxylic acids is 2. The monoisotopic (exact) mass is 445 g/mol. The highest BCUT2D eigenvalue weighted by Gasteiger charge is 2.24. The molecule has 0 heterocycles. The summed E-state index contributed by atoms with van der Waals surface area (Å²) in [5.74, 6) is -1.12. The molecule has 2 amide bonds. The third-order valence-corrected chi connectivity index (χ3v) is 4.66. The van der Waals surface area contributed by atoms with Crippen molar-refractivity contribution in [2.24, 2.45) is 11.0 Å². The van der Waals surface area contributed by atoms with E-state index in [0.717, 1.165) is 0 Å².